The molecule has 0 saturated carbocycles. The van der Waals surface area contributed by atoms with E-state index in [0.717, 1.165) is 4.88 Å². The Morgan fingerprint density at radius 2 is 2.31 bits per heavy atom. The van der Waals surface area contributed by atoms with Crippen molar-refractivity contribution < 1.29 is 9.90 Å². The highest BCUT2D eigenvalue weighted by molar-refractivity contribution is 7.09. The predicted molar refractivity (Wildman–Crippen MR) is 58.9 cm³/mol. The van der Waals surface area contributed by atoms with Gasteiger partial charge in [-0.05, 0) is 6.07 Å². The number of aromatic nitrogens is 2. The summed E-state index contributed by atoms with van der Waals surface area (Å²) in [6.45, 7) is 0.242. The molecule has 6 heteroatoms. The zero-order valence-electron chi connectivity index (χ0n) is 8.16. The largest absolute Gasteiger partial charge is 0.477 e. The number of thiazole rings is 1. The van der Waals surface area contributed by atoms with Gasteiger partial charge < -0.3 is 5.11 Å². The Bertz CT molecular complexity index is 560. The van der Waals surface area contributed by atoms with Crippen molar-refractivity contribution in [1.29, 1.82) is 0 Å². The van der Waals surface area contributed by atoms with Crippen LogP contribution in [0.1, 0.15) is 15.4 Å². The molecule has 0 fully saturated rings. The van der Waals surface area contributed by atoms with Crippen LogP contribution in [0, 0.1) is 0 Å². The Morgan fingerprint density at radius 1 is 1.50 bits per heavy atom. The summed E-state index contributed by atoms with van der Waals surface area (Å²) < 4.78 is 1.22. The van der Waals surface area contributed by atoms with Gasteiger partial charge in [0, 0.05) is 17.1 Å². The summed E-state index contributed by atoms with van der Waals surface area (Å²) in [5.41, 5.74) is 1.30. The van der Waals surface area contributed by atoms with Crippen LogP contribution in [-0.4, -0.2) is 20.6 Å². The zero-order valence-corrected chi connectivity index (χ0v) is 8.98. The average molecular weight is 236 g/mol. The summed E-state index contributed by atoms with van der Waals surface area (Å²) in [4.78, 5) is 27.2. The third-order valence-corrected chi connectivity index (χ3v) is 2.83. The van der Waals surface area contributed by atoms with Crippen molar-refractivity contribution in [1.82, 2.24) is 9.55 Å². The second-order valence-electron chi connectivity index (χ2n) is 3.11. The highest BCUT2D eigenvalue weighted by Crippen LogP contribution is 2.08. The van der Waals surface area contributed by atoms with Crippen LogP contribution in [0.15, 0.2) is 34.7 Å². The fourth-order valence-electron chi connectivity index (χ4n) is 1.35. The fraction of sp³-hybridized carbons (Fsp3) is 0.100. The summed E-state index contributed by atoms with van der Waals surface area (Å²) in [7, 11) is 0. The van der Waals surface area contributed by atoms with E-state index in [1.807, 2.05) is 0 Å². The van der Waals surface area contributed by atoms with Crippen LogP contribution in [0.3, 0.4) is 0 Å². The summed E-state index contributed by atoms with van der Waals surface area (Å²) in [6, 6.07) is 4.19. The van der Waals surface area contributed by atoms with Gasteiger partial charge in [0.1, 0.15) is 5.69 Å². The van der Waals surface area contributed by atoms with Crippen molar-refractivity contribution in [2.24, 2.45) is 0 Å². The van der Waals surface area contributed by atoms with Crippen LogP contribution in [0.25, 0.3) is 0 Å². The molecule has 0 aliphatic heterocycles. The van der Waals surface area contributed by atoms with Crippen LogP contribution in [0.2, 0.25) is 0 Å². The maximum Gasteiger partial charge on any atom is 0.352 e. The van der Waals surface area contributed by atoms with E-state index in [1.54, 1.807) is 11.7 Å². The standard InChI is InChI=1S/C10H8N2O3S/c13-9-3-1-2-8(10(14)15)12(9)5-7-4-11-6-16-7/h1-4,6H,5H2,(H,14,15). The Balaban J connectivity index is 2.46. The van der Waals surface area contributed by atoms with E-state index in [1.165, 1.54) is 34.1 Å². The molecule has 2 rings (SSSR count). The second-order valence-corrected chi connectivity index (χ2v) is 4.08. The maximum atomic E-state index is 11.6. The third kappa shape index (κ3) is 2.01. The minimum atomic E-state index is -1.11. The van der Waals surface area contributed by atoms with E-state index in [2.05, 4.69) is 4.98 Å². The minimum Gasteiger partial charge on any atom is -0.477 e. The fourth-order valence-corrected chi connectivity index (χ4v) is 1.93. The molecule has 0 aliphatic rings. The molecule has 5 nitrogen and oxygen atoms in total. The molecule has 0 aromatic carbocycles. The van der Waals surface area contributed by atoms with Gasteiger partial charge in [-0.2, -0.15) is 0 Å². The van der Waals surface area contributed by atoms with Crippen molar-refractivity contribution in [2.45, 2.75) is 6.54 Å². The smallest absolute Gasteiger partial charge is 0.352 e. The van der Waals surface area contributed by atoms with Gasteiger partial charge in [-0.3, -0.25) is 14.3 Å². The summed E-state index contributed by atoms with van der Waals surface area (Å²) in [5, 5.41) is 8.95. The lowest BCUT2D eigenvalue weighted by molar-refractivity contribution is 0.0684. The number of nitrogens with zero attached hydrogens (tertiary/aromatic N) is 2. The molecule has 0 radical (unpaired) electrons. The van der Waals surface area contributed by atoms with Crippen molar-refractivity contribution in [2.75, 3.05) is 0 Å². The van der Waals surface area contributed by atoms with E-state index in [-0.39, 0.29) is 17.8 Å². The highest BCUT2D eigenvalue weighted by atomic mass is 32.1. The number of carbonyl (C=O) groups is 1. The molecule has 16 heavy (non-hydrogen) atoms. The van der Waals surface area contributed by atoms with Crippen LogP contribution >= 0.6 is 11.3 Å². The van der Waals surface area contributed by atoms with Gasteiger partial charge in [-0.25, -0.2) is 4.79 Å². The number of aromatic carboxylic acids is 1. The van der Waals surface area contributed by atoms with Gasteiger partial charge in [0.05, 0.1) is 12.1 Å². The molecule has 0 aliphatic carbocycles. The van der Waals surface area contributed by atoms with Crippen molar-refractivity contribution in [3.05, 3.63) is 50.8 Å². The minimum absolute atomic E-state index is 0.0131. The molecule has 0 amide bonds. The van der Waals surface area contributed by atoms with Crippen LogP contribution in [-0.2, 0) is 6.54 Å². The summed E-state index contributed by atoms with van der Waals surface area (Å²) in [6.07, 6.45) is 1.62. The number of hydrogen-bond donors (Lipinski definition) is 1. The number of pyridine rings is 1. The molecule has 1 N–H and O–H groups in total. The monoisotopic (exact) mass is 236 g/mol. The quantitative estimate of drug-likeness (QED) is 0.864. The molecule has 2 heterocycles. The Kier molecular flexibility index (Phi) is 2.82. The summed E-state index contributed by atoms with van der Waals surface area (Å²) in [5.74, 6) is -1.11. The second kappa shape index (κ2) is 4.28. The van der Waals surface area contributed by atoms with Crippen LogP contribution in [0.4, 0.5) is 0 Å². The summed E-state index contributed by atoms with van der Waals surface area (Å²) >= 11 is 1.38. The first-order valence-corrected chi connectivity index (χ1v) is 5.37. The van der Waals surface area contributed by atoms with Crippen LogP contribution < -0.4 is 5.56 Å². The molecule has 82 valence electrons. The molecule has 0 atom stereocenters. The first-order chi connectivity index (χ1) is 7.68. The van der Waals surface area contributed by atoms with E-state index in [9.17, 15) is 9.59 Å². The van der Waals surface area contributed by atoms with E-state index in [4.69, 9.17) is 5.11 Å². The van der Waals surface area contributed by atoms with Gasteiger partial charge in [0.15, 0.2) is 0 Å². The van der Waals surface area contributed by atoms with E-state index in [0.29, 0.717) is 0 Å². The normalized spacial score (nSPS) is 10.2. The number of carboxylic acids is 1. The molecule has 2 aromatic rings. The molecule has 0 spiro atoms. The first kappa shape index (κ1) is 10.6. The molecule has 2 aromatic heterocycles. The Hall–Kier alpha value is -1.95. The lowest BCUT2D eigenvalue weighted by Gasteiger charge is -2.07. The Morgan fingerprint density at radius 3 is 2.94 bits per heavy atom. The first-order valence-electron chi connectivity index (χ1n) is 4.49. The number of carboxylic acid groups (broad SMARTS) is 1. The van der Waals surface area contributed by atoms with Gasteiger partial charge >= 0.3 is 5.97 Å². The third-order valence-electron chi connectivity index (χ3n) is 2.07. The molecular formula is C10H8N2O3S. The molecule has 0 bridgehead atoms. The van der Waals surface area contributed by atoms with Gasteiger partial charge in [0.25, 0.3) is 5.56 Å². The Labute approximate surface area is 94.6 Å². The maximum absolute atomic E-state index is 11.6. The van der Waals surface area contributed by atoms with Crippen molar-refractivity contribution in [3.63, 3.8) is 0 Å². The average Bonchev–Trinajstić information content (AvgIpc) is 2.73. The predicted octanol–water partition coefficient (Wildman–Crippen LogP) is 1.05. The number of rotatable bonds is 3. The van der Waals surface area contributed by atoms with E-state index >= 15 is 0 Å². The molecule has 0 saturated heterocycles. The van der Waals surface area contributed by atoms with Gasteiger partial charge in [-0.15, -0.1) is 11.3 Å². The lowest BCUT2D eigenvalue weighted by Crippen LogP contribution is -2.25. The molecule has 0 unspecified atom stereocenters. The topological polar surface area (TPSA) is 72.2 Å². The highest BCUT2D eigenvalue weighted by Gasteiger charge is 2.10. The number of hydrogen-bond acceptors (Lipinski definition) is 4. The SMILES string of the molecule is O=C(O)c1cccc(=O)n1Cc1cncs1. The van der Waals surface area contributed by atoms with Crippen LogP contribution in [0.5, 0.6) is 0 Å². The molecular weight excluding hydrogens is 228 g/mol. The van der Waals surface area contributed by atoms with Crippen molar-refractivity contribution >= 4 is 17.3 Å². The zero-order chi connectivity index (χ0) is 11.5. The lowest BCUT2D eigenvalue weighted by atomic mass is 10.3. The van der Waals surface area contributed by atoms with E-state index < -0.39 is 5.97 Å². The van der Waals surface area contributed by atoms with Gasteiger partial charge in [-0.1, -0.05) is 6.07 Å². The van der Waals surface area contributed by atoms with Crippen molar-refractivity contribution in [3.8, 4) is 0 Å². The van der Waals surface area contributed by atoms with Gasteiger partial charge in [0.2, 0.25) is 0 Å².